The summed E-state index contributed by atoms with van der Waals surface area (Å²) in [4.78, 5) is 19.0. The van der Waals surface area contributed by atoms with Crippen LogP contribution in [0.3, 0.4) is 0 Å². The number of aromatic nitrogens is 5. The van der Waals surface area contributed by atoms with Gasteiger partial charge in [0.2, 0.25) is 0 Å². The number of hydrogen-bond acceptors (Lipinski definition) is 6. The molecule has 9 heteroatoms. The molecule has 3 heterocycles. The van der Waals surface area contributed by atoms with Gasteiger partial charge in [-0.3, -0.25) is 9.69 Å². The van der Waals surface area contributed by atoms with Crippen molar-refractivity contribution in [2.24, 2.45) is 0 Å². The van der Waals surface area contributed by atoms with Crippen LogP contribution >= 0.6 is 0 Å². The number of nitrogens with zero attached hydrogens (tertiary/aromatic N) is 5. The van der Waals surface area contributed by atoms with E-state index >= 15 is 0 Å². The van der Waals surface area contributed by atoms with Crippen LogP contribution in [0, 0.1) is 12.7 Å². The van der Waals surface area contributed by atoms with E-state index in [4.69, 9.17) is 4.74 Å². The largest absolute Gasteiger partial charge is 0.376 e. The number of halogens is 1. The van der Waals surface area contributed by atoms with E-state index in [-0.39, 0.29) is 17.5 Å². The third kappa shape index (κ3) is 5.71. The highest BCUT2D eigenvalue weighted by atomic mass is 19.1. The molecular weight excluding hydrogens is 507 g/mol. The highest BCUT2D eigenvalue weighted by molar-refractivity contribution is 5.79. The first-order chi connectivity index (χ1) is 19.5. The van der Waals surface area contributed by atoms with E-state index in [0.29, 0.717) is 31.0 Å². The second kappa shape index (κ2) is 11.5. The zero-order chi connectivity index (χ0) is 27.5. The molecule has 0 aliphatic carbocycles. The molecule has 0 radical (unpaired) electrons. The van der Waals surface area contributed by atoms with Crippen molar-refractivity contribution in [1.82, 2.24) is 30.1 Å². The molecule has 2 atom stereocenters. The predicted molar refractivity (Wildman–Crippen MR) is 150 cm³/mol. The average Bonchev–Trinajstić information content (AvgIpc) is 3.64. The van der Waals surface area contributed by atoms with Crippen LogP contribution < -0.4 is 5.56 Å². The van der Waals surface area contributed by atoms with Gasteiger partial charge in [0.25, 0.3) is 5.56 Å². The van der Waals surface area contributed by atoms with E-state index in [1.807, 2.05) is 49.4 Å². The number of hydrogen-bond donors (Lipinski definition) is 1. The Morgan fingerprint density at radius 3 is 2.58 bits per heavy atom. The molecule has 1 aliphatic rings. The average molecular weight is 539 g/mol. The molecule has 204 valence electrons. The van der Waals surface area contributed by atoms with Crippen molar-refractivity contribution in [2.75, 3.05) is 6.61 Å². The van der Waals surface area contributed by atoms with Gasteiger partial charge in [-0.25, -0.2) is 9.07 Å². The molecule has 8 nitrogen and oxygen atoms in total. The molecule has 1 fully saturated rings. The zero-order valence-corrected chi connectivity index (χ0v) is 22.3. The van der Waals surface area contributed by atoms with Crippen molar-refractivity contribution in [2.45, 2.75) is 51.5 Å². The van der Waals surface area contributed by atoms with E-state index < -0.39 is 6.04 Å². The van der Waals surface area contributed by atoms with Gasteiger partial charge >= 0.3 is 0 Å². The third-order valence-electron chi connectivity index (χ3n) is 7.42. The molecule has 0 unspecified atom stereocenters. The molecule has 1 aliphatic heterocycles. The van der Waals surface area contributed by atoms with Crippen molar-refractivity contribution in [3.05, 3.63) is 123 Å². The van der Waals surface area contributed by atoms with Crippen LogP contribution in [0.4, 0.5) is 4.39 Å². The number of rotatable bonds is 9. The first-order valence-electron chi connectivity index (χ1n) is 13.6. The van der Waals surface area contributed by atoms with Crippen molar-refractivity contribution in [1.29, 1.82) is 0 Å². The molecule has 3 aromatic carbocycles. The van der Waals surface area contributed by atoms with Gasteiger partial charge in [0, 0.05) is 30.8 Å². The SMILES string of the molecule is Cc1ccc2cc([C@H](c3nnnn3C[C@H]3CCCO3)N(Cc3ccccc3)Cc3ccc(F)cc3)c(=O)[nH]c2c1. The number of benzene rings is 3. The number of nitrogens with one attached hydrogen (secondary N) is 1. The summed E-state index contributed by atoms with van der Waals surface area (Å²) in [5.74, 6) is 0.266. The Hall–Kier alpha value is -4.21. The molecule has 5 aromatic rings. The maximum absolute atomic E-state index is 13.8. The van der Waals surface area contributed by atoms with E-state index in [1.54, 1.807) is 16.8 Å². The molecule has 2 aromatic heterocycles. The summed E-state index contributed by atoms with van der Waals surface area (Å²) in [5.41, 5.74) is 4.16. The Labute approximate surface area is 231 Å². The van der Waals surface area contributed by atoms with E-state index in [1.165, 1.54) is 12.1 Å². The van der Waals surface area contributed by atoms with Crippen molar-refractivity contribution < 1.29 is 9.13 Å². The Balaban J connectivity index is 1.50. The quantitative estimate of drug-likeness (QED) is 0.286. The van der Waals surface area contributed by atoms with Gasteiger partial charge in [-0.05, 0) is 76.5 Å². The molecule has 0 saturated carbocycles. The van der Waals surface area contributed by atoms with E-state index in [9.17, 15) is 9.18 Å². The van der Waals surface area contributed by atoms with E-state index in [0.717, 1.165) is 47.0 Å². The lowest BCUT2D eigenvalue weighted by molar-refractivity contribution is 0.0903. The number of aromatic amines is 1. The fraction of sp³-hybridized carbons (Fsp3) is 0.290. The van der Waals surface area contributed by atoms with Crippen LogP contribution in [0.5, 0.6) is 0 Å². The number of aryl methyl sites for hydroxylation is 1. The number of tetrazole rings is 1. The van der Waals surface area contributed by atoms with Crippen LogP contribution in [-0.4, -0.2) is 42.8 Å². The van der Waals surface area contributed by atoms with Gasteiger partial charge in [0.15, 0.2) is 5.82 Å². The Morgan fingerprint density at radius 2 is 1.82 bits per heavy atom. The smallest absolute Gasteiger partial charge is 0.253 e. The molecule has 0 bridgehead atoms. The summed E-state index contributed by atoms with van der Waals surface area (Å²) in [5, 5.41) is 13.8. The number of H-pyrrole nitrogens is 1. The van der Waals surface area contributed by atoms with Crippen LogP contribution in [0.2, 0.25) is 0 Å². The molecule has 40 heavy (non-hydrogen) atoms. The molecule has 1 saturated heterocycles. The molecule has 0 amide bonds. The van der Waals surface area contributed by atoms with Crippen LogP contribution in [0.1, 0.15) is 47.0 Å². The third-order valence-corrected chi connectivity index (χ3v) is 7.42. The summed E-state index contributed by atoms with van der Waals surface area (Å²) in [6.07, 6.45) is 1.95. The second-order valence-corrected chi connectivity index (χ2v) is 10.4. The van der Waals surface area contributed by atoms with Crippen molar-refractivity contribution in [3.63, 3.8) is 0 Å². The Kier molecular flexibility index (Phi) is 7.48. The summed E-state index contributed by atoms with van der Waals surface area (Å²) < 4.78 is 21.4. The molecule has 0 spiro atoms. The number of ether oxygens (including phenoxy) is 1. The van der Waals surface area contributed by atoms with Crippen molar-refractivity contribution >= 4 is 10.9 Å². The topological polar surface area (TPSA) is 88.9 Å². The maximum Gasteiger partial charge on any atom is 0.253 e. The summed E-state index contributed by atoms with van der Waals surface area (Å²) >= 11 is 0. The molecular formula is C31H31FN6O2. The first kappa shape index (κ1) is 26.0. The maximum atomic E-state index is 13.8. The summed E-state index contributed by atoms with van der Waals surface area (Å²) in [6.45, 7) is 4.18. The van der Waals surface area contributed by atoms with Crippen molar-refractivity contribution in [3.8, 4) is 0 Å². The van der Waals surface area contributed by atoms with E-state index in [2.05, 4.69) is 37.5 Å². The summed E-state index contributed by atoms with van der Waals surface area (Å²) in [7, 11) is 0. The van der Waals surface area contributed by atoms with Gasteiger partial charge in [0.1, 0.15) is 11.9 Å². The van der Waals surface area contributed by atoms with Gasteiger partial charge < -0.3 is 9.72 Å². The number of fused-ring (bicyclic) bond motifs is 1. The van der Waals surface area contributed by atoms with Crippen LogP contribution in [0.25, 0.3) is 10.9 Å². The minimum absolute atomic E-state index is 0.0143. The predicted octanol–water partition coefficient (Wildman–Crippen LogP) is 4.93. The number of pyridine rings is 1. The van der Waals surface area contributed by atoms with Crippen LogP contribution in [0.15, 0.2) is 83.7 Å². The van der Waals surface area contributed by atoms with Gasteiger partial charge in [-0.1, -0.05) is 54.6 Å². The Morgan fingerprint density at radius 1 is 1.05 bits per heavy atom. The highest BCUT2D eigenvalue weighted by Gasteiger charge is 2.32. The minimum Gasteiger partial charge on any atom is -0.376 e. The fourth-order valence-corrected chi connectivity index (χ4v) is 5.43. The molecule has 6 rings (SSSR count). The lowest BCUT2D eigenvalue weighted by atomic mass is 10.0. The lowest BCUT2D eigenvalue weighted by Crippen LogP contribution is -2.35. The van der Waals surface area contributed by atoms with Gasteiger partial charge in [0.05, 0.1) is 12.6 Å². The molecule has 1 N–H and O–H groups in total. The van der Waals surface area contributed by atoms with Gasteiger partial charge in [-0.2, -0.15) is 0 Å². The standard InChI is InChI=1S/C31H31FN6O2/c1-21-9-12-24-17-27(31(39)33-28(24)16-21)29(30-34-35-36-38(30)20-26-8-5-15-40-26)37(18-22-6-3-2-4-7-22)19-23-10-13-25(32)14-11-23/h2-4,6-7,9-14,16-17,26,29H,5,8,15,18-20H2,1H3,(H,33,39)/t26-,29-/m1/s1. The van der Waals surface area contributed by atoms with Gasteiger partial charge in [-0.15, -0.1) is 5.10 Å². The van der Waals surface area contributed by atoms with Crippen LogP contribution in [-0.2, 0) is 24.4 Å². The normalized spacial score (nSPS) is 16.1. The highest BCUT2D eigenvalue weighted by Crippen LogP contribution is 2.31. The monoisotopic (exact) mass is 538 g/mol. The second-order valence-electron chi connectivity index (χ2n) is 10.4. The Bertz CT molecular complexity index is 1640. The minimum atomic E-state index is -0.587. The summed E-state index contributed by atoms with van der Waals surface area (Å²) in [6, 6.07) is 23.9. The zero-order valence-electron chi connectivity index (χ0n) is 22.3. The lowest BCUT2D eigenvalue weighted by Gasteiger charge is -2.31. The fourth-order valence-electron chi connectivity index (χ4n) is 5.43. The first-order valence-corrected chi connectivity index (χ1v) is 13.6.